The van der Waals surface area contributed by atoms with Gasteiger partial charge in [0.1, 0.15) is 0 Å². The minimum absolute atomic E-state index is 0.401. The molecule has 1 aliphatic heterocycles. The van der Waals surface area contributed by atoms with Gasteiger partial charge in [0.25, 0.3) is 0 Å². The summed E-state index contributed by atoms with van der Waals surface area (Å²) < 4.78 is 5.81. The highest BCUT2D eigenvalue weighted by atomic mass is 16.5. The molecule has 1 unspecified atom stereocenters. The molecular formula is C14H28N2O. The standard InChI is InChI=1S/C14H28N2O/c1-3-14(6-5-7-14)12-15-10-13-11-16(4-2)8-9-17-13/h13,15H,3-12H2,1-2H3. The molecule has 2 fully saturated rings. The zero-order chi connectivity index (χ0) is 12.1. The molecule has 1 aliphatic carbocycles. The first-order chi connectivity index (χ1) is 8.28. The highest BCUT2D eigenvalue weighted by Crippen LogP contribution is 2.42. The lowest BCUT2D eigenvalue weighted by atomic mass is 9.67. The normalized spacial score (nSPS) is 28.9. The van der Waals surface area contributed by atoms with Crippen LogP contribution in [0.1, 0.15) is 39.5 Å². The molecule has 1 atom stereocenters. The Kier molecular flexibility index (Phi) is 4.83. The Morgan fingerprint density at radius 2 is 2.18 bits per heavy atom. The summed E-state index contributed by atoms with van der Waals surface area (Å²) in [7, 11) is 0. The summed E-state index contributed by atoms with van der Waals surface area (Å²) in [5.74, 6) is 0. The quantitative estimate of drug-likeness (QED) is 0.767. The fourth-order valence-electron chi connectivity index (χ4n) is 3.02. The largest absolute Gasteiger partial charge is 0.374 e. The number of hydrogen-bond donors (Lipinski definition) is 1. The highest BCUT2D eigenvalue weighted by Gasteiger charge is 2.34. The summed E-state index contributed by atoms with van der Waals surface area (Å²) in [6, 6.07) is 0. The van der Waals surface area contributed by atoms with Crippen LogP contribution in [0.25, 0.3) is 0 Å². The maximum atomic E-state index is 5.81. The van der Waals surface area contributed by atoms with Crippen molar-refractivity contribution >= 4 is 0 Å². The molecule has 0 radical (unpaired) electrons. The van der Waals surface area contributed by atoms with Gasteiger partial charge in [0.05, 0.1) is 12.7 Å². The Morgan fingerprint density at radius 1 is 1.35 bits per heavy atom. The molecule has 1 saturated carbocycles. The van der Waals surface area contributed by atoms with E-state index in [-0.39, 0.29) is 0 Å². The molecule has 0 amide bonds. The molecular weight excluding hydrogens is 212 g/mol. The molecule has 2 rings (SSSR count). The second-order valence-electron chi connectivity index (χ2n) is 5.72. The topological polar surface area (TPSA) is 24.5 Å². The van der Waals surface area contributed by atoms with Gasteiger partial charge in [-0.3, -0.25) is 4.90 Å². The third kappa shape index (κ3) is 3.43. The van der Waals surface area contributed by atoms with Gasteiger partial charge in [0.2, 0.25) is 0 Å². The number of nitrogens with zero attached hydrogens (tertiary/aromatic N) is 1. The molecule has 100 valence electrons. The number of ether oxygens (including phenoxy) is 1. The van der Waals surface area contributed by atoms with Crippen LogP contribution >= 0.6 is 0 Å². The monoisotopic (exact) mass is 240 g/mol. The summed E-state index contributed by atoms with van der Waals surface area (Å²) in [5.41, 5.74) is 0.624. The smallest absolute Gasteiger partial charge is 0.0826 e. The lowest BCUT2D eigenvalue weighted by molar-refractivity contribution is -0.0274. The summed E-state index contributed by atoms with van der Waals surface area (Å²) >= 11 is 0. The Hall–Kier alpha value is -0.120. The lowest BCUT2D eigenvalue weighted by Crippen LogP contribution is -2.48. The van der Waals surface area contributed by atoms with Crippen molar-refractivity contribution in [3.8, 4) is 0 Å². The summed E-state index contributed by atoms with van der Waals surface area (Å²) in [4.78, 5) is 2.48. The fraction of sp³-hybridized carbons (Fsp3) is 1.00. The van der Waals surface area contributed by atoms with Gasteiger partial charge in [-0.15, -0.1) is 0 Å². The van der Waals surface area contributed by atoms with Gasteiger partial charge >= 0.3 is 0 Å². The van der Waals surface area contributed by atoms with Gasteiger partial charge in [-0.1, -0.05) is 20.3 Å². The van der Waals surface area contributed by atoms with Crippen molar-refractivity contribution in [2.45, 2.75) is 45.6 Å². The van der Waals surface area contributed by atoms with E-state index in [0.717, 1.165) is 32.8 Å². The molecule has 0 spiro atoms. The number of likely N-dealkylation sites (N-methyl/N-ethyl adjacent to an activating group) is 1. The van der Waals surface area contributed by atoms with E-state index in [4.69, 9.17) is 4.74 Å². The fourth-order valence-corrected chi connectivity index (χ4v) is 3.02. The van der Waals surface area contributed by atoms with Crippen LogP contribution in [0.15, 0.2) is 0 Å². The Morgan fingerprint density at radius 3 is 2.76 bits per heavy atom. The molecule has 1 N–H and O–H groups in total. The molecule has 17 heavy (non-hydrogen) atoms. The number of morpholine rings is 1. The van der Waals surface area contributed by atoms with Gasteiger partial charge in [0, 0.05) is 26.2 Å². The van der Waals surface area contributed by atoms with Crippen LogP contribution in [0.5, 0.6) is 0 Å². The van der Waals surface area contributed by atoms with Gasteiger partial charge in [0.15, 0.2) is 0 Å². The van der Waals surface area contributed by atoms with Crippen molar-refractivity contribution in [1.82, 2.24) is 10.2 Å². The predicted molar refractivity (Wildman–Crippen MR) is 71.3 cm³/mol. The first kappa shape index (κ1) is 13.3. The molecule has 3 nitrogen and oxygen atoms in total. The van der Waals surface area contributed by atoms with Crippen molar-refractivity contribution in [2.24, 2.45) is 5.41 Å². The van der Waals surface area contributed by atoms with Gasteiger partial charge in [-0.2, -0.15) is 0 Å². The molecule has 0 aromatic carbocycles. The minimum Gasteiger partial charge on any atom is -0.374 e. The van der Waals surface area contributed by atoms with E-state index in [9.17, 15) is 0 Å². The molecule has 1 heterocycles. The molecule has 0 aromatic heterocycles. The average Bonchev–Trinajstić information content (AvgIpc) is 2.33. The number of nitrogens with one attached hydrogen (secondary N) is 1. The van der Waals surface area contributed by atoms with E-state index in [2.05, 4.69) is 24.1 Å². The van der Waals surface area contributed by atoms with Gasteiger partial charge < -0.3 is 10.1 Å². The van der Waals surface area contributed by atoms with Crippen molar-refractivity contribution in [1.29, 1.82) is 0 Å². The molecule has 0 bridgehead atoms. The first-order valence-electron chi connectivity index (χ1n) is 7.33. The Bertz CT molecular complexity index is 223. The van der Waals surface area contributed by atoms with Crippen LogP contribution in [0.4, 0.5) is 0 Å². The molecule has 3 heteroatoms. The van der Waals surface area contributed by atoms with Gasteiger partial charge in [-0.05, 0) is 31.2 Å². The van der Waals surface area contributed by atoms with Crippen LogP contribution in [-0.2, 0) is 4.74 Å². The second kappa shape index (κ2) is 6.17. The summed E-state index contributed by atoms with van der Waals surface area (Å²) in [6.07, 6.45) is 6.00. The minimum atomic E-state index is 0.401. The maximum Gasteiger partial charge on any atom is 0.0826 e. The van der Waals surface area contributed by atoms with E-state index >= 15 is 0 Å². The van der Waals surface area contributed by atoms with Crippen molar-refractivity contribution < 1.29 is 4.74 Å². The van der Waals surface area contributed by atoms with Crippen LogP contribution in [0.3, 0.4) is 0 Å². The van der Waals surface area contributed by atoms with Crippen molar-refractivity contribution in [3.05, 3.63) is 0 Å². The van der Waals surface area contributed by atoms with E-state index in [1.165, 1.54) is 32.2 Å². The van der Waals surface area contributed by atoms with Crippen molar-refractivity contribution in [2.75, 3.05) is 39.3 Å². The van der Waals surface area contributed by atoms with Crippen LogP contribution in [-0.4, -0.2) is 50.3 Å². The van der Waals surface area contributed by atoms with Crippen LogP contribution in [0.2, 0.25) is 0 Å². The number of rotatable bonds is 6. The highest BCUT2D eigenvalue weighted by molar-refractivity contribution is 4.88. The Labute approximate surface area is 106 Å². The average molecular weight is 240 g/mol. The van der Waals surface area contributed by atoms with Crippen LogP contribution < -0.4 is 5.32 Å². The molecule has 0 aromatic rings. The SMILES string of the molecule is CCN1CCOC(CNCC2(CC)CCC2)C1. The molecule has 1 saturated heterocycles. The van der Waals surface area contributed by atoms with Crippen LogP contribution in [0, 0.1) is 5.41 Å². The predicted octanol–water partition coefficient (Wildman–Crippen LogP) is 1.88. The zero-order valence-corrected chi connectivity index (χ0v) is 11.5. The van der Waals surface area contributed by atoms with E-state index in [0.29, 0.717) is 11.5 Å². The second-order valence-corrected chi connectivity index (χ2v) is 5.72. The third-order valence-electron chi connectivity index (χ3n) is 4.71. The van der Waals surface area contributed by atoms with Crippen molar-refractivity contribution in [3.63, 3.8) is 0 Å². The first-order valence-corrected chi connectivity index (χ1v) is 7.33. The number of hydrogen-bond acceptors (Lipinski definition) is 3. The zero-order valence-electron chi connectivity index (χ0n) is 11.5. The Balaban J connectivity index is 1.64. The maximum absolute atomic E-state index is 5.81. The van der Waals surface area contributed by atoms with E-state index in [1.807, 2.05) is 0 Å². The lowest BCUT2D eigenvalue weighted by Gasteiger charge is -2.42. The summed E-state index contributed by atoms with van der Waals surface area (Å²) in [5, 5.41) is 3.64. The van der Waals surface area contributed by atoms with Gasteiger partial charge in [-0.25, -0.2) is 0 Å². The van der Waals surface area contributed by atoms with E-state index in [1.54, 1.807) is 0 Å². The summed E-state index contributed by atoms with van der Waals surface area (Å²) in [6.45, 7) is 11.0. The molecule has 2 aliphatic rings. The third-order valence-corrected chi connectivity index (χ3v) is 4.71. The van der Waals surface area contributed by atoms with E-state index < -0.39 is 0 Å².